The zero-order valence-corrected chi connectivity index (χ0v) is 22.9. The Hall–Kier alpha value is -3.12. The summed E-state index contributed by atoms with van der Waals surface area (Å²) in [5.74, 6) is -2.95. The average Bonchev–Trinajstić information content (AvgIpc) is 3.31. The van der Waals surface area contributed by atoms with Crippen LogP contribution in [0, 0.1) is 12.7 Å². The molecule has 9 nitrogen and oxygen atoms in total. The predicted octanol–water partition coefficient (Wildman–Crippen LogP) is 3.61. The van der Waals surface area contributed by atoms with Gasteiger partial charge in [-0.1, -0.05) is 29.3 Å². The smallest absolute Gasteiger partial charge is 0.326 e. The molecule has 2 fully saturated rings. The summed E-state index contributed by atoms with van der Waals surface area (Å²) in [5, 5.41) is 11.6. The van der Waals surface area contributed by atoms with Gasteiger partial charge in [-0.25, -0.2) is 17.6 Å². The van der Waals surface area contributed by atoms with Crippen LogP contribution in [0.15, 0.2) is 53.7 Å². The van der Waals surface area contributed by atoms with Crippen molar-refractivity contribution in [2.45, 2.75) is 41.5 Å². The molecule has 4 heterocycles. The van der Waals surface area contributed by atoms with Crippen molar-refractivity contribution >= 4 is 44.9 Å². The van der Waals surface area contributed by atoms with Crippen molar-refractivity contribution in [3.05, 3.63) is 76.0 Å². The van der Waals surface area contributed by atoms with E-state index in [9.17, 15) is 27.5 Å². The molecular formula is C26H23Cl2FN4O5S. The lowest BCUT2D eigenvalue weighted by molar-refractivity contribution is -0.153. The van der Waals surface area contributed by atoms with E-state index in [1.165, 1.54) is 18.3 Å². The molecule has 3 atom stereocenters. The number of aryl methyl sites for hydroxylation is 1. The van der Waals surface area contributed by atoms with Gasteiger partial charge < -0.3 is 10.0 Å². The van der Waals surface area contributed by atoms with Gasteiger partial charge in [0.15, 0.2) is 9.84 Å². The Morgan fingerprint density at radius 1 is 1.15 bits per heavy atom. The highest BCUT2D eigenvalue weighted by Crippen LogP contribution is 2.39. The number of nitrogens with zero attached hydrogens (tertiary/aromatic N) is 3. The zero-order valence-electron chi connectivity index (χ0n) is 20.6. The molecule has 0 spiro atoms. The maximum Gasteiger partial charge on any atom is 0.326 e. The number of likely N-dealkylation sites (tertiary alicyclic amines) is 1. The molecule has 1 unspecified atom stereocenters. The molecular weight excluding hydrogens is 570 g/mol. The maximum absolute atomic E-state index is 14.8. The van der Waals surface area contributed by atoms with Gasteiger partial charge in [-0.15, -0.1) is 0 Å². The highest BCUT2D eigenvalue weighted by Gasteiger charge is 2.55. The molecule has 1 aromatic carbocycles. The first-order valence-corrected chi connectivity index (χ1v) is 14.3. The van der Waals surface area contributed by atoms with E-state index in [2.05, 4.69) is 15.3 Å². The second kappa shape index (κ2) is 10.1. The molecule has 204 valence electrons. The maximum atomic E-state index is 14.8. The summed E-state index contributed by atoms with van der Waals surface area (Å²) in [6.07, 6.45) is 2.63. The number of carboxylic acids is 1. The van der Waals surface area contributed by atoms with Crippen LogP contribution in [-0.2, 0) is 25.0 Å². The SMILES string of the molecule is Cc1cc(-c2ccc(S(=O)(=O)[C@@H]3C[C@@H](C(=O)O)N(C(=O)C4(c5ncc(Cl)cc5F)CCN4)C3)c(Cl)c2)ccn1. The molecule has 39 heavy (non-hydrogen) atoms. The van der Waals surface area contributed by atoms with E-state index in [-0.39, 0.29) is 33.5 Å². The Morgan fingerprint density at radius 2 is 1.87 bits per heavy atom. The fourth-order valence-electron chi connectivity index (χ4n) is 5.13. The third kappa shape index (κ3) is 4.77. The summed E-state index contributed by atoms with van der Waals surface area (Å²) in [4.78, 5) is 34.9. The predicted molar refractivity (Wildman–Crippen MR) is 142 cm³/mol. The van der Waals surface area contributed by atoms with E-state index in [1.54, 1.807) is 18.3 Å². The van der Waals surface area contributed by atoms with Crippen molar-refractivity contribution in [2.24, 2.45) is 0 Å². The summed E-state index contributed by atoms with van der Waals surface area (Å²) >= 11 is 12.2. The second-order valence-corrected chi connectivity index (χ2v) is 12.7. The number of aliphatic carboxylic acids is 1. The van der Waals surface area contributed by atoms with Crippen LogP contribution in [0.2, 0.25) is 10.0 Å². The molecule has 2 aromatic heterocycles. The molecule has 2 aliphatic rings. The van der Waals surface area contributed by atoms with E-state index in [0.29, 0.717) is 12.1 Å². The van der Waals surface area contributed by atoms with Crippen LogP contribution in [0.25, 0.3) is 11.1 Å². The Morgan fingerprint density at radius 3 is 2.46 bits per heavy atom. The number of carbonyl (C=O) groups is 2. The van der Waals surface area contributed by atoms with Crippen LogP contribution in [0.5, 0.6) is 0 Å². The molecule has 2 aliphatic heterocycles. The highest BCUT2D eigenvalue weighted by molar-refractivity contribution is 7.92. The lowest BCUT2D eigenvalue weighted by Crippen LogP contribution is -2.65. The van der Waals surface area contributed by atoms with E-state index < -0.39 is 50.9 Å². The van der Waals surface area contributed by atoms with Crippen molar-refractivity contribution in [2.75, 3.05) is 13.1 Å². The first-order chi connectivity index (χ1) is 18.4. The molecule has 13 heteroatoms. The number of hydrogen-bond donors (Lipinski definition) is 2. The lowest BCUT2D eigenvalue weighted by atomic mass is 9.82. The number of pyridine rings is 2. The van der Waals surface area contributed by atoms with Crippen molar-refractivity contribution in [3.8, 4) is 11.1 Å². The zero-order chi connectivity index (χ0) is 28.1. The highest BCUT2D eigenvalue weighted by atomic mass is 35.5. The third-order valence-corrected chi connectivity index (χ3v) is 10.0. The normalized spacial score (nSPS) is 22.9. The number of aromatic nitrogens is 2. The quantitative estimate of drug-likeness (QED) is 0.444. The number of benzene rings is 1. The number of rotatable bonds is 6. The van der Waals surface area contributed by atoms with Crippen molar-refractivity contribution < 1.29 is 27.5 Å². The largest absolute Gasteiger partial charge is 0.480 e. The van der Waals surface area contributed by atoms with Crippen molar-refractivity contribution in [3.63, 3.8) is 0 Å². The van der Waals surface area contributed by atoms with Gasteiger partial charge in [-0.05, 0) is 67.8 Å². The van der Waals surface area contributed by atoms with Gasteiger partial charge in [0.1, 0.15) is 23.1 Å². The van der Waals surface area contributed by atoms with Gasteiger partial charge >= 0.3 is 5.97 Å². The molecule has 0 aliphatic carbocycles. The second-order valence-electron chi connectivity index (χ2n) is 9.61. The van der Waals surface area contributed by atoms with Crippen molar-refractivity contribution in [1.82, 2.24) is 20.2 Å². The molecule has 2 N–H and O–H groups in total. The fourth-order valence-corrected chi connectivity index (χ4v) is 7.52. The Labute approximate surface area is 233 Å². The molecule has 3 aromatic rings. The van der Waals surface area contributed by atoms with E-state index in [1.807, 2.05) is 13.0 Å². The minimum atomic E-state index is -4.15. The number of carboxylic acid groups (broad SMARTS) is 1. The van der Waals surface area contributed by atoms with Gasteiger partial charge in [-0.3, -0.25) is 20.1 Å². The van der Waals surface area contributed by atoms with Gasteiger partial charge in [0.2, 0.25) is 5.91 Å². The average molecular weight is 593 g/mol. The topological polar surface area (TPSA) is 130 Å². The standard InChI is InChI=1S/C26H23Cl2FN4O5S/c1-14-8-16(4-6-30-14)15-2-3-22(19(28)9-15)39(37,38)18-11-21(24(34)35)33(13-18)25(36)26(5-7-32-26)23-20(29)10-17(27)12-31-23/h2-4,6,8-10,12,18,21,32H,5,7,11,13H2,1H3,(H,34,35)/t18-,21+,26?/m1/s1. The monoisotopic (exact) mass is 592 g/mol. The fraction of sp³-hybridized carbons (Fsp3) is 0.308. The summed E-state index contributed by atoms with van der Waals surface area (Å²) < 4.78 is 42.1. The summed E-state index contributed by atoms with van der Waals surface area (Å²) in [6.45, 7) is 1.79. The van der Waals surface area contributed by atoms with Crippen LogP contribution in [0.3, 0.4) is 0 Å². The molecule has 2 saturated heterocycles. The molecule has 5 rings (SSSR count). The Bertz CT molecular complexity index is 1600. The number of nitrogens with one attached hydrogen (secondary N) is 1. The molecule has 1 amide bonds. The summed E-state index contributed by atoms with van der Waals surface area (Å²) in [6, 6.07) is 7.70. The third-order valence-electron chi connectivity index (χ3n) is 7.22. The lowest BCUT2D eigenvalue weighted by Gasteiger charge is -2.44. The Kier molecular flexibility index (Phi) is 7.13. The molecule has 0 bridgehead atoms. The van der Waals surface area contributed by atoms with E-state index in [4.69, 9.17) is 23.2 Å². The number of sulfone groups is 1. The number of halogens is 3. The van der Waals surface area contributed by atoms with E-state index in [0.717, 1.165) is 22.2 Å². The van der Waals surface area contributed by atoms with Gasteiger partial charge in [0.25, 0.3) is 0 Å². The van der Waals surface area contributed by atoms with E-state index >= 15 is 0 Å². The van der Waals surface area contributed by atoms with Crippen LogP contribution in [0.4, 0.5) is 4.39 Å². The number of amides is 1. The molecule has 0 radical (unpaired) electrons. The van der Waals surface area contributed by atoms with Crippen LogP contribution in [0.1, 0.15) is 24.2 Å². The number of hydrogen-bond acceptors (Lipinski definition) is 7. The minimum absolute atomic E-state index is 0.0248. The Balaban J connectivity index is 1.46. The van der Waals surface area contributed by atoms with Gasteiger partial charge in [-0.2, -0.15) is 0 Å². The molecule has 0 saturated carbocycles. The minimum Gasteiger partial charge on any atom is -0.480 e. The van der Waals surface area contributed by atoms with Crippen LogP contribution >= 0.6 is 23.2 Å². The first-order valence-electron chi connectivity index (χ1n) is 12.0. The van der Waals surface area contributed by atoms with Crippen LogP contribution in [-0.4, -0.2) is 64.6 Å². The van der Waals surface area contributed by atoms with Gasteiger partial charge in [0.05, 0.1) is 20.2 Å². The first kappa shape index (κ1) is 27.4. The van der Waals surface area contributed by atoms with Gasteiger partial charge in [0, 0.05) is 24.6 Å². The summed E-state index contributed by atoms with van der Waals surface area (Å²) in [7, 11) is -4.15. The number of carbonyl (C=O) groups excluding carboxylic acids is 1. The summed E-state index contributed by atoms with van der Waals surface area (Å²) in [5.41, 5.74) is 0.430. The van der Waals surface area contributed by atoms with Crippen molar-refractivity contribution in [1.29, 1.82) is 0 Å². The van der Waals surface area contributed by atoms with Crippen LogP contribution < -0.4 is 5.32 Å².